The Labute approximate surface area is 100 Å². The van der Waals surface area contributed by atoms with Gasteiger partial charge in [-0.3, -0.25) is 0 Å². The number of hydrogen-bond acceptors (Lipinski definition) is 4. The van der Waals surface area contributed by atoms with Gasteiger partial charge in [0.2, 0.25) is 0 Å². The Balaban J connectivity index is 0.000000317. The van der Waals surface area contributed by atoms with Gasteiger partial charge in [0, 0.05) is 5.69 Å². The smallest absolute Gasteiger partial charge is 0.402 e. The van der Waals surface area contributed by atoms with E-state index in [1.54, 1.807) is 0 Å². The van der Waals surface area contributed by atoms with Gasteiger partial charge in [0.1, 0.15) is 0 Å². The molecule has 2 aromatic rings. The van der Waals surface area contributed by atoms with Gasteiger partial charge >= 0.3 is 7.32 Å². The summed E-state index contributed by atoms with van der Waals surface area (Å²) in [5.41, 5.74) is 8.87. The van der Waals surface area contributed by atoms with Crippen LogP contribution in [0.15, 0.2) is 54.6 Å². The molecule has 88 valence electrons. The van der Waals surface area contributed by atoms with Crippen LogP contribution in [0.3, 0.4) is 0 Å². The van der Waals surface area contributed by atoms with Gasteiger partial charge in [-0.25, -0.2) is 0 Å². The zero-order valence-corrected chi connectivity index (χ0v) is 9.19. The van der Waals surface area contributed by atoms with Crippen LogP contribution in [0.1, 0.15) is 0 Å². The molecular weight excluding hydrogens is 217 g/mol. The molecule has 0 fully saturated rings. The van der Waals surface area contributed by atoms with E-state index in [1.165, 1.54) is 11.1 Å². The van der Waals surface area contributed by atoms with Crippen LogP contribution in [-0.2, 0) is 0 Å². The zero-order valence-electron chi connectivity index (χ0n) is 9.19. The number of benzene rings is 2. The summed E-state index contributed by atoms with van der Waals surface area (Å²) in [6, 6.07) is 18.1. The Hall–Kier alpha value is -1.82. The van der Waals surface area contributed by atoms with Gasteiger partial charge in [-0.1, -0.05) is 42.5 Å². The summed E-state index contributed by atoms with van der Waals surface area (Å²) >= 11 is 0. The molecule has 0 saturated carbocycles. The average molecular weight is 231 g/mol. The molecule has 0 aliphatic carbocycles. The predicted octanol–water partition coefficient (Wildman–Crippen LogP) is 0.884. The molecule has 0 spiro atoms. The first-order valence-electron chi connectivity index (χ1n) is 5.05. The first kappa shape index (κ1) is 13.3. The third kappa shape index (κ3) is 5.17. The van der Waals surface area contributed by atoms with Crippen LogP contribution in [0.5, 0.6) is 0 Å². The second-order valence-electron chi connectivity index (χ2n) is 3.34. The summed E-state index contributed by atoms with van der Waals surface area (Å²) in [5.74, 6) is 0. The first-order chi connectivity index (χ1) is 8.09. The lowest BCUT2D eigenvalue weighted by Crippen LogP contribution is -2.07. The van der Waals surface area contributed by atoms with E-state index in [0.717, 1.165) is 5.69 Å². The number of hydrogen-bond donors (Lipinski definition) is 4. The SMILES string of the molecule is Nc1cccc(-c2ccccc2)c1.OB(O)O. The van der Waals surface area contributed by atoms with Gasteiger partial charge in [0.15, 0.2) is 0 Å². The van der Waals surface area contributed by atoms with Crippen LogP contribution < -0.4 is 5.73 Å². The van der Waals surface area contributed by atoms with Crippen molar-refractivity contribution in [2.75, 3.05) is 5.73 Å². The van der Waals surface area contributed by atoms with Crippen LogP contribution in [0.25, 0.3) is 11.1 Å². The lowest BCUT2D eigenvalue weighted by molar-refractivity contribution is 0.278. The second-order valence-corrected chi connectivity index (χ2v) is 3.34. The van der Waals surface area contributed by atoms with Crippen molar-refractivity contribution in [3.63, 3.8) is 0 Å². The van der Waals surface area contributed by atoms with E-state index >= 15 is 0 Å². The second kappa shape index (κ2) is 6.70. The fraction of sp³-hybridized carbons (Fsp3) is 0. The Kier molecular flexibility index (Phi) is 5.22. The molecule has 2 aromatic carbocycles. The maximum absolute atomic E-state index is 7.17. The molecule has 0 aromatic heterocycles. The highest BCUT2D eigenvalue weighted by Crippen LogP contribution is 2.20. The fourth-order valence-corrected chi connectivity index (χ4v) is 1.35. The maximum Gasteiger partial charge on any atom is 0.631 e. The highest BCUT2D eigenvalue weighted by molar-refractivity contribution is 6.30. The topological polar surface area (TPSA) is 86.7 Å². The molecule has 0 amide bonds. The third-order valence-electron chi connectivity index (χ3n) is 1.99. The molecule has 0 aliphatic heterocycles. The number of rotatable bonds is 1. The zero-order chi connectivity index (χ0) is 12.7. The number of nitrogens with two attached hydrogens (primary N) is 1. The number of nitrogen functional groups attached to an aromatic ring is 1. The van der Waals surface area contributed by atoms with Crippen LogP contribution in [0, 0.1) is 0 Å². The van der Waals surface area contributed by atoms with Crippen LogP contribution >= 0.6 is 0 Å². The van der Waals surface area contributed by atoms with Crippen LogP contribution in [0.2, 0.25) is 0 Å². The van der Waals surface area contributed by atoms with Crippen molar-refractivity contribution in [1.29, 1.82) is 0 Å². The molecule has 5 N–H and O–H groups in total. The van der Waals surface area contributed by atoms with E-state index < -0.39 is 7.32 Å². The van der Waals surface area contributed by atoms with Crippen molar-refractivity contribution in [3.05, 3.63) is 54.6 Å². The van der Waals surface area contributed by atoms with E-state index in [9.17, 15) is 0 Å². The van der Waals surface area contributed by atoms with E-state index in [-0.39, 0.29) is 0 Å². The van der Waals surface area contributed by atoms with Gasteiger partial charge in [0.25, 0.3) is 0 Å². The van der Waals surface area contributed by atoms with Crippen molar-refractivity contribution in [1.82, 2.24) is 0 Å². The quantitative estimate of drug-likeness (QED) is 0.433. The van der Waals surface area contributed by atoms with Crippen LogP contribution in [0.4, 0.5) is 5.69 Å². The van der Waals surface area contributed by atoms with Crippen molar-refractivity contribution in [3.8, 4) is 11.1 Å². The third-order valence-corrected chi connectivity index (χ3v) is 1.99. The van der Waals surface area contributed by atoms with E-state index in [1.807, 2.05) is 36.4 Å². The van der Waals surface area contributed by atoms with Crippen molar-refractivity contribution in [2.24, 2.45) is 0 Å². The maximum atomic E-state index is 7.17. The minimum Gasteiger partial charge on any atom is -0.402 e. The highest BCUT2D eigenvalue weighted by Gasteiger charge is 1.95. The molecule has 17 heavy (non-hydrogen) atoms. The lowest BCUT2D eigenvalue weighted by atomic mass is 10.1. The molecule has 0 aliphatic rings. The lowest BCUT2D eigenvalue weighted by Gasteiger charge is -2.01. The largest absolute Gasteiger partial charge is 0.631 e. The Morgan fingerprint density at radius 3 is 1.82 bits per heavy atom. The van der Waals surface area contributed by atoms with Crippen molar-refractivity contribution in [2.45, 2.75) is 0 Å². The average Bonchev–Trinajstić information content (AvgIpc) is 2.29. The van der Waals surface area contributed by atoms with Gasteiger partial charge in [0.05, 0.1) is 0 Å². The van der Waals surface area contributed by atoms with E-state index in [2.05, 4.69) is 18.2 Å². The predicted molar refractivity (Wildman–Crippen MR) is 68.7 cm³/mol. The molecule has 0 unspecified atom stereocenters. The minimum atomic E-state index is -2.17. The molecule has 0 atom stereocenters. The normalized spacial score (nSPS) is 9.12. The summed E-state index contributed by atoms with van der Waals surface area (Å²) in [4.78, 5) is 0. The first-order valence-corrected chi connectivity index (χ1v) is 5.05. The molecule has 0 radical (unpaired) electrons. The Morgan fingerprint density at radius 1 is 0.765 bits per heavy atom. The molecule has 0 bridgehead atoms. The Bertz CT molecular complexity index is 446. The van der Waals surface area contributed by atoms with Gasteiger partial charge < -0.3 is 20.8 Å². The summed E-state index contributed by atoms with van der Waals surface area (Å²) in [6.07, 6.45) is 0. The summed E-state index contributed by atoms with van der Waals surface area (Å²) < 4.78 is 0. The molecule has 0 heterocycles. The summed E-state index contributed by atoms with van der Waals surface area (Å²) in [5, 5.41) is 21.5. The highest BCUT2D eigenvalue weighted by atomic mass is 16.5. The molecule has 2 rings (SSSR count). The molecule has 5 heteroatoms. The van der Waals surface area contributed by atoms with Crippen LogP contribution in [-0.4, -0.2) is 22.4 Å². The molecule has 4 nitrogen and oxygen atoms in total. The van der Waals surface area contributed by atoms with E-state index in [0.29, 0.717) is 0 Å². The number of anilines is 1. The van der Waals surface area contributed by atoms with Gasteiger partial charge in [-0.05, 0) is 23.3 Å². The van der Waals surface area contributed by atoms with Gasteiger partial charge in [-0.15, -0.1) is 0 Å². The van der Waals surface area contributed by atoms with E-state index in [4.69, 9.17) is 20.8 Å². The minimum absolute atomic E-state index is 0.807. The summed E-state index contributed by atoms with van der Waals surface area (Å²) in [6.45, 7) is 0. The Morgan fingerprint density at radius 2 is 1.29 bits per heavy atom. The standard InChI is InChI=1S/C12H11N.BH3O3/c13-12-8-4-7-11(9-12)10-5-2-1-3-6-10;2-1(3)4/h1-9H,13H2;2-4H. The summed E-state index contributed by atoms with van der Waals surface area (Å²) in [7, 11) is -2.17. The van der Waals surface area contributed by atoms with Crippen molar-refractivity contribution >= 4 is 13.0 Å². The van der Waals surface area contributed by atoms with Crippen molar-refractivity contribution < 1.29 is 15.1 Å². The van der Waals surface area contributed by atoms with Gasteiger partial charge in [-0.2, -0.15) is 0 Å². The molecular formula is C12H14BNO3. The fourth-order valence-electron chi connectivity index (χ4n) is 1.35. The monoisotopic (exact) mass is 231 g/mol. The molecule has 0 saturated heterocycles.